The minimum absolute atomic E-state index is 0.0582. The molecule has 1 N–H and O–H groups in total. The van der Waals surface area contributed by atoms with Gasteiger partial charge in [-0.3, -0.25) is 10.1 Å². The Kier molecular flexibility index (Phi) is 4.07. The second-order valence-electron chi connectivity index (χ2n) is 4.51. The number of hydrogen-bond donors (Lipinski definition) is 1. The number of rotatable bonds is 4. The first kappa shape index (κ1) is 14.2. The molecule has 1 aromatic carbocycles. The van der Waals surface area contributed by atoms with Crippen LogP contribution >= 0.6 is 11.6 Å². The van der Waals surface area contributed by atoms with E-state index in [4.69, 9.17) is 11.6 Å². The van der Waals surface area contributed by atoms with Crippen LogP contribution in [0.25, 0.3) is 0 Å². The third-order valence-corrected chi connectivity index (χ3v) is 5.18. The predicted molar refractivity (Wildman–Crippen MR) is 72.0 cm³/mol. The molecule has 0 radical (unpaired) electrons. The van der Waals surface area contributed by atoms with Gasteiger partial charge in [0, 0.05) is 24.7 Å². The molecule has 1 fully saturated rings. The second-order valence-corrected chi connectivity index (χ2v) is 7.15. The lowest BCUT2D eigenvalue weighted by atomic mass is 10.2. The lowest BCUT2D eigenvalue weighted by Crippen LogP contribution is -2.29. The number of halogens is 1. The van der Waals surface area contributed by atoms with Crippen molar-refractivity contribution in [2.75, 3.05) is 11.5 Å². The Morgan fingerprint density at radius 3 is 2.74 bits per heavy atom. The number of nitrogens with one attached hydrogen (secondary N) is 1. The summed E-state index contributed by atoms with van der Waals surface area (Å²) < 4.78 is 22.6. The van der Waals surface area contributed by atoms with Gasteiger partial charge in [0.1, 0.15) is 0 Å². The van der Waals surface area contributed by atoms with Gasteiger partial charge in [0.2, 0.25) is 0 Å². The maximum absolute atomic E-state index is 11.3. The number of benzene rings is 1. The van der Waals surface area contributed by atoms with Gasteiger partial charge in [0.05, 0.1) is 21.5 Å². The highest BCUT2D eigenvalue weighted by Gasteiger charge is 2.27. The van der Waals surface area contributed by atoms with Gasteiger partial charge in [-0.1, -0.05) is 11.6 Å². The summed E-state index contributed by atoms with van der Waals surface area (Å²) in [7, 11) is -2.91. The fourth-order valence-electron chi connectivity index (χ4n) is 2.00. The van der Waals surface area contributed by atoms with Crippen LogP contribution in [0, 0.1) is 10.1 Å². The molecule has 0 aromatic heterocycles. The number of nitro groups is 1. The molecule has 1 unspecified atom stereocenters. The number of non-ortho nitro benzene ring substituents is 1. The molecule has 1 atom stereocenters. The fourth-order valence-corrected chi connectivity index (χ4v) is 3.95. The summed E-state index contributed by atoms with van der Waals surface area (Å²) in [4.78, 5) is 10.1. The SMILES string of the molecule is O=[N+]([O-])c1ccc(CNC2CCS(=O)(=O)C2)c(Cl)c1. The Balaban J connectivity index is 1.99. The summed E-state index contributed by atoms with van der Waals surface area (Å²) in [6, 6.07) is 4.19. The van der Waals surface area contributed by atoms with Crippen LogP contribution in [0.1, 0.15) is 12.0 Å². The minimum atomic E-state index is -2.91. The smallest absolute Gasteiger partial charge is 0.270 e. The van der Waals surface area contributed by atoms with Gasteiger partial charge < -0.3 is 5.32 Å². The topological polar surface area (TPSA) is 89.3 Å². The summed E-state index contributed by atoms with van der Waals surface area (Å²) in [5, 5.41) is 14.0. The Morgan fingerprint density at radius 2 is 2.21 bits per heavy atom. The highest BCUT2D eigenvalue weighted by atomic mass is 35.5. The largest absolute Gasteiger partial charge is 0.309 e. The molecule has 0 spiro atoms. The zero-order valence-corrected chi connectivity index (χ0v) is 11.6. The monoisotopic (exact) mass is 304 g/mol. The summed E-state index contributed by atoms with van der Waals surface area (Å²) in [5.74, 6) is 0.344. The van der Waals surface area contributed by atoms with Crippen LogP contribution in [0.15, 0.2) is 18.2 Å². The maximum Gasteiger partial charge on any atom is 0.270 e. The van der Waals surface area contributed by atoms with Gasteiger partial charge in [0.25, 0.3) is 5.69 Å². The van der Waals surface area contributed by atoms with E-state index in [1.807, 2.05) is 0 Å². The molecule has 0 saturated carbocycles. The molecule has 0 bridgehead atoms. The third-order valence-electron chi connectivity index (χ3n) is 3.06. The zero-order valence-electron chi connectivity index (χ0n) is 10.0. The van der Waals surface area contributed by atoms with Gasteiger partial charge in [-0.15, -0.1) is 0 Å². The molecule has 19 heavy (non-hydrogen) atoms. The van der Waals surface area contributed by atoms with Crippen LogP contribution in [0.5, 0.6) is 0 Å². The Morgan fingerprint density at radius 1 is 1.47 bits per heavy atom. The highest BCUT2D eigenvalue weighted by molar-refractivity contribution is 7.91. The highest BCUT2D eigenvalue weighted by Crippen LogP contribution is 2.23. The lowest BCUT2D eigenvalue weighted by Gasteiger charge is -2.11. The maximum atomic E-state index is 11.3. The average molecular weight is 305 g/mol. The van der Waals surface area contributed by atoms with Crippen molar-refractivity contribution >= 4 is 27.1 Å². The van der Waals surface area contributed by atoms with Crippen LogP contribution in [0.4, 0.5) is 5.69 Å². The van der Waals surface area contributed by atoms with E-state index in [2.05, 4.69) is 5.32 Å². The van der Waals surface area contributed by atoms with Crippen LogP contribution in [0.3, 0.4) is 0 Å². The molecule has 104 valence electrons. The van der Waals surface area contributed by atoms with E-state index < -0.39 is 14.8 Å². The van der Waals surface area contributed by atoms with Crippen molar-refractivity contribution in [2.45, 2.75) is 19.0 Å². The standard InChI is InChI=1S/C11H13ClN2O4S/c12-11-5-10(14(15)16)2-1-8(11)6-13-9-3-4-19(17,18)7-9/h1-2,5,9,13H,3-4,6-7H2. The summed E-state index contributed by atoms with van der Waals surface area (Å²) in [6.07, 6.45) is 0.590. The van der Waals surface area contributed by atoms with Crippen molar-refractivity contribution in [3.8, 4) is 0 Å². The first-order valence-corrected chi connectivity index (χ1v) is 7.94. The van der Waals surface area contributed by atoms with Crippen molar-refractivity contribution in [1.29, 1.82) is 0 Å². The Labute approximate surface area is 115 Å². The van der Waals surface area contributed by atoms with E-state index in [0.717, 1.165) is 5.56 Å². The van der Waals surface area contributed by atoms with E-state index in [9.17, 15) is 18.5 Å². The fraction of sp³-hybridized carbons (Fsp3) is 0.455. The van der Waals surface area contributed by atoms with Crippen LogP contribution < -0.4 is 5.32 Å². The van der Waals surface area contributed by atoms with Gasteiger partial charge in [-0.25, -0.2) is 8.42 Å². The molecule has 0 aliphatic carbocycles. The van der Waals surface area contributed by atoms with Crippen molar-refractivity contribution in [1.82, 2.24) is 5.32 Å². The summed E-state index contributed by atoms with van der Waals surface area (Å²) in [6.45, 7) is 0.400. The molecular formula is C11H13ClN2O4S. The Hall–Kier alpha value is -1.18. The van der Waals surface area contributed by atoms with Crippen LogP contribution in [-0.2, 0) is 16.4 Å². The van der Waals surface area contributed by atoms with Gasteiger partial charge in [-0.2, -0.15) is 0 Å². The molecule has 0 amide bonds. The molecule has 1 saturated heterocycles. The van der Waals surface area contributed by atoms with Crippen molar-refractivity contribution in [2.24, 2.45) is 0 Å². The van der Waals surface area contributed by atoms with Gasteiger partial charge in [-0.05, 0) is 18.1 Å². The first-order valence-electron chi connectivity index (χ1n) is 5.74. The third kappa shape index (κ3) is 3.65. The summed E-state index contributed by atoms with van der Waals surface area (Å²) in [5.41, 5.74) is 0.661. The quantitative estimate of drug-likeness (QED) is 0.673. The number of nitro benzene ring substituents is 1. The van der Waals surface area contributed by atoms with E-state index in [1.54, 1.807) is 6.07 Å². The van der Waals surface area contributed by atoms with E-state index >= 15 is 0 Å². The molecule has 2 rings (SSSR count). The van der Waals surface area contributed by atoms with Crippen LogP contribution in [0.2, 0.25) is 5.02 Å². The van der Waals surface area contributed by atoms with Gasteiger partial charge >= 0.3 is 0 Å². The minimum Gasteiger partial charge on any atom is -0.309 e. The average Bonchev–Trinajstić information content (AvgIpc) is 2.67. The normalized spacial score (nSPS) is 21.4. The van der Waals surface area contributed by atoms with Crippen molar-refractivity contribution in [3.05, 3.63) is 38.9 Å². The van der Waals surface area contributed by atoms with E-state index in [0.29, 0.717) is 18.0 Å². The van der Waals surface area contributed by atoms with Crippen molar-refractivity contribution in [3.63, 3.8) is 0 Å². The zero-order chi connectivity index (χ0) is 14.0. The van der Waals surface area contributed by atoms with Crippen LogP contribution in [-0.4, -0.2) is 30.9 Å². The van der Waals surface area contributed by atoms with Crippen molar-refractivity contribution < 1.29 is 13.3 Å². The lowest BCUT2D eigenvalue weighted by molar-refractivity contribution is -0.384. The first-order chi connectivity index (χ1) is 8.87. The summed E-state index contributed by atoms with van der Waals surface area (Å²) >= 11 is 5.95. The van der Waals surface area contributed by atoms with E-state index in [1.165, 1.54) is 12.1 Å². The Bertz CT molecular complexity index is 603. The second kappa shape index (κ2) is 5.44. The number of hydrogen-bond acceptors (Lipinski definition) is 5. The molecular weight excluding hydrogens is 292 g/mol. The molecule has 1 heterocycles. The number of nitrogens with zero attached hydrogens (tertiary/aromatic N) is 1. The molecule has 1 aliphatic rings. The van der Waals surface area contributed by atoms with E-state index in [-0.39, 0.29) is 23.2 Å². The molecule has 8 heteroatoms. The molecule has 1 aliphatic heterocycles. The molecule has 1 aromatic rings. The molecule has 6 nitrogen and oxygen atoms in total. The van der Waals surface area contributed by atoms with Gasteiger partial charge in [0.15, 0.2) is 9.84 Å². The number of sulfone groups is 1. The predicted octanol–water partition coefficient (Wildman–Crippen LogP) is 1.52.